The summed E-state index contributed by atoms with van der Waals surface area (Å²) in [5.41, 5.74) is 1.09. The number of piperidine rings is 1. The van der Waals surface area contributed by atoms with Crippen LogP contribution in [0.25, 0.3) is 0 Å². The molecule has 1 fully saturated rings. The highest BCUT2D eigenvalue weighted by Crippen LogP contribution is 2.22. The molecule has 0 aliphatic carbocycles. The molecular weight excluding hydrogens is 501 g/mol. The predicted molar refractivity (Wildman–Crippen MR) is 131 cm³/mol. The monoisotopic (exact) mass is 529 g/mol. The van der Waals surface area contributed by atoms with Crippen molar-refractivity contribution in [1.29, 1.82) is 0 Å². The molecule has 1 aromatic heterocycles. The topological polar surface area (TPSA) is 61.8 Å². The zero-order valence-electron chi connectivity index (χ0n) is 16.9. The minimum atomic E-state index is 0. The number of guanidine groups is 1. The summed E-state index contributed by atoms with van der Waals surface area (Å²) in [6.07, 6.45) is 4.78. The van der Waals surface area contributed by atoms with Crippen molar-refractivity contribution in [3.05, 3.63) is 53.2 Å². The Kier molecular flexibility index (Phi) is 9.80. The van der Waals surface area contributed by atoms with Crippen LogP contribution in [0.15, 0.2) is 47.6 Å². The lowest BCUT2D eigenvalue weighted by molar-refractivity contribution is 0.414. The number of benzene rings is 1. The lowest BCUT2D eigenvalue weighted by Crippen LogP contribution is -2.49. The maximum atomic E-state index is 6.31. The van der Waals surface area contributed by atoms with Gasteiger partial charge in [-0.3, -0.25) is 4.99 Å². The second-order valence-corrected chi connectivity index (χ2v) is 7.21. The fourth-order valence-corrected chi connectivity index (χ4v) is 3.62. The number of hydrogen-bond acceptors (Lipinski definition) is 4. The number of halogens is 2. The van der Waals surface area contributed by atoms with Crippen molar-refractivity contribution >= 4 is 47.4 Å². The molecule has 3 rings (SSSR count). The van der Waals surface area contributed by atoms with Crippen molar-refractivity contribution in [2.45, 2.75) is 25.3 Å². The number of ether oxygens (including phenoxy) is 1. The van der Waals surface area contributed by atoms with Crippen molar-refractivity contribution in [2.75, 3.05) is 38.7 Å². The van der Waals surface area contributed by atoms with Crippen molar-refractivity contribution in [3.63, 3.8) is 0 Å². The van der Waals surface area contributed by atoms with E-state index in [0.29, 0.717) is 6.04 Å². The second-order valence-electron chi connectivity index (χ2n) is 6.80. The van der Waals surface area contributed by atoms with E-state index in [2.05, 4.69) is 31.6 Å². The normalized spacial score (nSPS) is 14.9. The second kappa shape index (κ2) is 12.1. The molecule has 29 heavy (non-hydrogen) atoms. The summed E-state index contributed by atoms with van der Waals surface area (Å²) in [6.45, 7) is 2.75. The Morgan fingerprint density at radius 3 is 2.69 bits per heavy atom. The first-order valence-electron chi connectivity index (χ1n) is 9.65. The molecule has 0 atom stereocenters. The van der Waals surface area contributed by atoms with Gasteiger partial charge in [-0.1, -0.05) is 23.7 Å². The summed E-state index contributed by atoms with van der Waals surface area (Å²) in [4.78, 5) is 11.1. The van der Waals surface area contributed by atoms with E-state index in [1.165, 1.54) is 0 Å². The number of anilines is 1. The highest BCUT2D eigenvalue weighted by Gasteiger charge is 2.20. The third-order valence-electron chi connectivity index (χ3n) is 4.98. The number of rotatable bonds is 6. The highest BCUT2D eigenvalue weighted by atomic mass is 127. The van der Waals surface area contributed by atoms with E-state index in [0.717, 1.165) is 67.0 Å². The van der Waals surface area contributed by atoms with Gasteiger partial charge < -0.3 is 20.3 Å². The van der Waals surface area contributed by atoms with Crippen LogP contribution in [0.5, 0.6) is 5.75 Å². The Labute approximate surface area is 195 Å². The van der Waals surface area contributed by atoms with Gasteiger partial charge in [-0.25, -0.2) is 4.98 Å². The van der Waals surface area contributed by atoms with Gasteiger partial charge in [0.25, 0.3) is 0 Å². The van der Waals surface area contributed by atoms with Crippen LogP contribution in [0.2, 0.25) is 5.02 Å². The van der Waals surface area contributed by atoms with E-state index in [-0.39, 0.29) is 24.0 Å². The molecule has 158 valence electrons. The molecule has 6 nitrogen and oxygen atoms in total. The zero-order chi connectivity index (χ0) is 19.8. The van der Waals surface area contributed by atoms with Crippen molar-refractivity contribution < 1.29 is 4.74 Å². The van der Waals surface area contributed by atoms with E-state index in [9.17, 15) is 0 Å². The Bertz CT molecular complexity index is 782. The fourth-order valence-electron chi connectivity index (χ4n) is 3.36. The van der Waals surface area contributed by atoms with Crippen molar-refractivity contribution in [3.8, 4) is 5.75 Å². The number of pyridine rings is 1. The average Bonchev–Trinajstić information content (AvgIpc) is 2.75. The fraction of sp³-hybridized carbons (Fsp3) is 0.429. The summed E-state index contributed by atoms with van der Waals surface area (Å²) in [7, 11) is 3.45. The average molecular weight is 530 g/mol. The zero-order valence-corrected chi connectivity index (χ0v) is 20.0. The maximum Gasteiger partial charge on any atom is 0.191 e. The van der Waals surface area contributed by atoms with E-state index in [1.807, 2.05) is 36.5 Å². The van der Waals surface area contributed by atoms with Crippen LogP contribution < -0.4 is 20.3 Å². The van der Waals surface area contributed by atoms with E-state index in [1.54, 1.807) is 14.2 Å². The molecule has 0 amide bonds. The first kappa shape index (κ1) is 23.5. The lowest BCUT2D eigenvalue weighted by atomic mass is 10.1. The van der Waals surface area contributed by atoms with Gasteiger partial charge in [-0.15, -0.1) is 24.0 Å². The third-order valence-corrected chi connectivity index (χ3v) is 5.33. The van der Waals surface area contributed by atoms with Crippen molar-refractivity contribution in [1.82, 2.24) is 15.6 Å². The summed E-state index contributed by atoms with van der Waals surface area (Å²) in [6, 6.07) is 12.3. The Balaban J connectivity index is 0.00000300. The van der Waals surface area contributed by atoms with Crippen LogP contribution in [0.1, 0.15) is 18.4 Å². The molecule has 0 bridgehead atoms. The van der Waals surface area contributed by atoms with Crippen LogP contribution in [-0.2, 0) is 6.42 Å². The molecular formula is C21H29ClIN5O. The molecule has 8 heteroatoms. The highest BCUT2D eigenvalue weighted by molar-refractivity contribution is 14.0. The van der Waals surface area contributed by atoms with Crippen LogP contribution in [0.3, 0.4) is 0 Å². The number of aliphatic imine (C=N–C) groups is 1. The van der Waals surface area contributed by atoms with Gasteiger partial charge in [0.15, 0.2) is 5.96 Å². The van der Waals surface area contributed by atoms with E-state index >= 15 is 0 Å². The third kappa shape index (κ3) is 6.92. The largest absolute Gasteiger partial charge is 0.497 e. The molecule has 0 radical (unpaired) electrons. The minimum absolute atomic E-state index is 0. The molecule has 1 aliphatic heterocycles. The minimum Gasteiger partial charge on any atom is -0.497 e. The van der Waals surface area contributed by atoms with Gasteiger partial charge >= 0.3 is 0 Å². The summed E-state index contributed by atoms with van der Waals surface area (Å²) >= 11 is 6.31. The first-order chi connectivity index (χ1) is 13.7. The number of aromatic nitrogens is 1. The smallest absolute Gasteiger partial charge is 0.191 e. The van der Waals surface area contributed by atoms with E-state index < -0.39 is 0 Å². The Morgan fingerprint density at radius 1 is 1.28 bits per heavy atom. The number of methoxy groups -OCH3 is 1. The Hall–Kier alpha value is -1.74. The Morgan fingerprint density at radius 2 is 2.07 bits per heavy atom. The van der Waals surface area contributed by atoms with Crippen molar-refractivity contribution in [2.24, 2.45) is 4.99 Å². The molecule has 2 heterocycles. The van der Waals surface area contributed by atoms with Crippen LogP contribution in [0, 0.1) is 0 Å². The molecule has 1 aromatic carbocycles. The quantitative estimate of drug-likeness (QED) is 0.339. The lowest BCUT2D eigenvalue weighted by Gasteiger charge is -2.33. The number of nitrogens with one attached hydrogen (secondary N) is 2. The molecule has 0 unspecified atom stereocenters. The van der Waals surface area contributed by atoms with Crippen LogP contribution >= 0.6 is 35.6 Å². The van der Waals surface area contributed by atoms with Gasteiger partial charge in [0, 0.05) is 43.9 Å². The van der Waals surface area contributed by atoms with Gasteiger partial charge in [-0.05, 0) is 49.1 Å². The standard InChI is InChI=1S/C21H28ClN5O.HI/c1-23-21(25-12-8-16-6-7-18(28-2)15-19(16)22)26-17-9-13-27(14-10-17)20-5-3-4-11-24-20;/h3-7,11,15,17H,8-10,12-14H2,1-2H3,(H2,23,25,26);1H. The maximum absolute atomic E-state index is 6.31. The van der Waals surface area contributed by atoms with Gasteiger partial charge in [-0.2, -0.15) is 0 Å². The predicted octanol–water partition coefficient (Wildman–Crippen LogP) is 3.74. The van der Waals surface area contributed by atoms with Gasteiger partial charge in [0.2, 0.25) is 0 Å². The summed E-state index contributed by atoms with van der Waals surface area (Å²) in [5, 5.41) is 7.65. The van der Waals surface area contributed by atoms with Gasteiger partial charge in [0.05, 0.1) is 7.11 Å². The molecule has 1 aliphatic rings. The van der Waals surface area contributed by atoms with E-state index in [4.69, 9.17) is 16.3 Å². The summed E-state index contributed by atoms with van der Waals surface area (Å²) < 4.78 is 5.19. The van der Waals surface area contributed by atoms with Gasteiger partial charge in [0.1, 0.15) is 11.6 Å². The molecule has 0 saturated carbocycles. The molecule has 0 spiro atoms. The SMILES string of the molecule is CN=C(NCCc1ccc(OC)cc1Cl)NC1CCN(c2ccccn2)CC1.I. The number of hydrogen-bond donors (Lipinski definition) is 2. The number of nitrogens with zero attached hydrogens (tertiary/aromatic N) is 3. The van der Waals surface area contributed by atoms with Crippen LogP contribution in [-0.4, -0.2) is 50.8 Å². The molecule has 2 N–H and O–H groups in total. The molecule has 1 saturated heterocycles. The van der Waals surface area contributed by atoms with Crippen LogP contribution in [0.4, 0.5) is 5.82 Å². The summed E-state index contributed by atoms with van der Waals surface area (Å²) in [5.74, 6) is 2.66. The molecule has 2 aromatic rings. The first-order valence-corrected chi connectivity index (χ1v) is 10.0.